The number of amides is 2. The number of nitro benzene ring substituents is 1. The molecule has 10 nitrogen and oxygen atoms in total. The van der Waals surface area contributed by atoms with Crippen molar-refractivity contribution >= 4 is 34.9 Å². The first-order valence-electron chi connectivity index (χ1n) is 14.5. The maximum absolute atomic E-state index is 13.5. The Labute approximate surface area is 258 Å². The summed E-state index contributed by atoms with van der Waals surface area (Å²) in [7, 11) is 0. The molecule has 0 aromatic heterocycles. The zero-order chi connectivity index (χ0) is 31.5. The van der Waals surface area contributed by atoms with Crippen molar-refractivity contribution in [1.82, 2.24) is 0 Å². The molecule has 226 valence electrons. The van der Waals surface area contributed by atoms with E-state index in [0.29, 0.717) is 30.0 Å². The molecule has 0 radical (unpaired) electrons. The molecular formula is C35H28N2O8. The number of ether oxygens (including phenoxy) is 2. The number of imide groups is 1. The maximum atomic E-state index is 13.5. The molecule has 1 aliphatic heterocycles. The fourth-order valence-corrected chi connectivity index (χ4v) is 6.01. The minimum Gasteiger partial charge on any atom is -0.457 e. The number of Topliss-reactive ketones (excluding diaryl/α,β-unsaturated/α-hetero) is 1. The van der Waals surface area contributed by atoms with E-state index < -0.39 is 29.2 Å². The molecule has 10 heteroatoms. The van der Waals surface area contributed by atoms with Crippen LogP contribution in [0.1, 0.15) is 51.5 Å². The highest BCUT2D eigenvalue weighted by Crippen LogP contribution is 2.45. The highest BCUT2D eigenvalue weighted by molar-refractivity contribution is 6.22. The van der Waals surface area contributed by atoms with E-state index in [1.807, 2.05) is 18.2 Å². The molecule has 0 spiro atoms. The molecule has 0 N–H and O–H groups in total. The van der Waals surface area contributed by atoms with Crippen molar-refractivity contribution in [1.29, 1.82) is 0 Å². The number of non-ortho nitro benzene ring substituents is 1. The van der Waals surface area contributed by atoms with Gasteiger partial charge in [0.25, 0.3) is 5.69 Å². The average molecular weight is 605 g/mol. The van der Waals surface area contributed by atoms with Crippen LogP contribution < -0.4 is 9.64 Å². The summed E-state index contributed by atoms with van der Waals surface area (Å²) in [6.07, 6.45) is 2.05. The number of rotatable bonds is 9. The average Bonchev–Trinajstić information content (AvgIpc) is 3.32. The fourth-order valence-electron chi connectivity index (χ4n) is 6.01. The quantitative estimate of drug-likeness (QED) is 0.0695. The molecular weight excluding hydrogens is 576 g/mol. The van der Waals surface area contributed by atoms with E-state index in [2.05, 4.69) is 12.1 Å². The lowest BCUT2D eigenvalue weighted by Crippen LogP contribution is -2.31. The first-order valence-corrected chi connectivity index (χ1v) is 14.5. The van der Waals surface area contributed by atoms with Crippen molar-refractivity contribution in [3.63, 3.8) is 0 Å². The molecule has 6 rings (SSSR count). The Morgan fingerprint density at radius 1 is 0.778 bits per heavy atom. The zero-order valence-electron chi connectivity index (χ0n) is 24.0. The molecule has 2 amide bonds. The lowest BCUT2D eigenvalue weighted by atomic mass is 9.73. The number of nitro groups is 1. The normalized spacial score (nSPS) is 19.1. The highest BCUT2D eigenvalue weighted by atomic mass is 16.6. The van der Waals surface area contributed by atoms with Crippen LogP contribution in [0.4, 0.5) is 11.4 Å². The molecule has 2 fully saturated rings. The topological polar surface area (TPSA) is 133 Å². The van der Waals surface area contributed by atoms with Crippen molar-refractivity contribution in [3.8, 4) is 11.5 Å². The van der Waals surface area contributed by atoms with Crippen LogP contribution in [0.25, 0.3) is 0 Å². The predicted molar refractivity (Wildman–Crippen MR) is 163 cm³/mol. The Kier molecular flexibility index (Phi) is 8.20. The largest absolute Gasteiger partial charge is 0.457 e. The van der Waals surface area contributed by atoms with Gasteiger partial charge in [-0.2, -0.15) is 0 Å². The van der Waals surface area contributed by atoms with E-state index in [4.69, 9.17) is 9.47 Å². The summed E-state index contributed by atoms with van der Waals surface area (Å²) in [6, 6.07) is 27.9. The summed E-state index contributed by atoms with van der Waals surface area (Å²) in [5.41, 5.74) is 1.82. The van der Waals surface area contributed by atoms with Gasteiger partial charge in [0.05, 0.1) is 28.0 Å². The second-order valence-corrected chi connectivity index (χ2v) is 11.1. The molecule has 2 aliphatic rings. The second kappa shape index (κ2) is 12.5. The number of esters is 1. The number of hydrogen-bond acceptors (Lipinski definition) is 8. The summed E-state index contributed by atoms with van der Waals surface area (Å²) >= 11 is 0. The van der Waals surface area contributed by atoms with E-state index in [9.17, 15) is 29.3 Å². The number of nitrogens with zero attached hydrogens (tertiary/aromatic N) is 2. The number of hydrogen-bond donors (Lipinski definition) is 0. The van der Waals surface area contributed by atoms with Gasteiger partial charge < -0.3 is 9.47 Å². The Balaban J connectivity index is 1.06. The molecule has 0 bridgehead atoms. The number of fused-ring (bicyclic) bond motifs is 1. The van der Waals surface area contributed by atoms with Crippen molar-refractivity contribution in [2.75, 3.05) is 11.5 Å². The smallest absolute Gasteiger partial charge is 0.338 e. The van der Waals surface area contributed by atoms with Crippen molar-refractivity contribution in [3.05, 3.63) is 130 Å². The van der Waals surface area contributed by atoms with Gasteiger partial charge >= 0.3 is 5.97 Å². The molecule has 1 saturated carbocycles. The minimum atomic E-state index is -0.760. The molecule has 1 saturated heterocycles. The van der Waals surface area contributed by atoms with Gasteiger partial charge in [-0.25, -0.2) is 4.79 Å². The van der Waals surface area contributed by atoms with E-state index in [-0.39, 0.29) is 40.5 Å². The van der Waals surface area contributed by atoms with Crippen LogP contribution in [0, 0.1) is 22.0 Å². The summed E-state index contributed by atoms with van der Waals surface area (Å²) in [6.45, 7) is -0.516. The standard InChI is InChI=1S/C35H28N2O8/c38-32(23-9-14-28(15-10-23)45-29-16-12-26(13-17-29)37(42)43)21-44-35(41)25-7-4-8-27(19-25)36-33(39)30-18-11-24(20-31(30)34(36)40)22-5-2-1-3-6-22/h1-10,12-17,19,24,30-31H,11,18,20-21H2/t24-,30-,31-/m1/s1. The third-order valence-corrected chi connectivity index (χ3v) is 8.33. The number of anilines is 1. The van der Waals surface area contributed by atoms with Gasteiger partial charge in [-0.15, -0.1) is 0 Å². The number of carbonyl (C=O) groups is 4. The number of benzene rings is 4. The Bertz CT molecular complexity index is 1770. The van der Waals surface area contributed by atoms with Gasteiger partial charge in [0.2, 0.25) is 11.8 Å². The van der Waals surface area contributed by atoms with Crippen LogP contribution in [0.5, 0.6) is 11.5 Å². The molecule has 4 aromatic rings. The molecule has 3 atom stereocenters. The van der Waals surface area contributed by atoms with Crippen LogP contribution in [-0.4, -0.2) is 35.1 Å². The maximum Gasteiger partial charge on any atom is 0.338 e. The molecule has 0 unspecified atom stereocenters. The lowest BCUT2D eigenvalue weighted by molar-refractivity contribution is -0.384. The van der Waals surface area contributed by atoms with Gasteiger partial charge in [-0.3, -0.25) is 29.4 Å². The van der Waals surface area contributed by atoms with Crippen LogP contribution in [0.3, 0.4) is 0 Å². The Morgan fingerprint density at radius 2 is 1.44 bits per heavy atom. The van der Waals surface area contributed by atoms with Crippen LogP contribution >= 0.6 is 0 Å². The third-order valence-electron chi connectivity index (χ3n) is 8.33. The van der Waals surface area contributed by atoms with Gasteiger partial charge in [-0.1, -0.05) is 36.4 Å². The highest BCUT2D eigenvalue weighted by Gasteiger charge is 2.50. The van der Waals surface area contributed by atoms with Crippen LogP contribution in [-0.2, 0) is 14.3 Å². The minimum absolute atomic E-state index is 0.0578. The molecule has 1 aliphatic carbocycles. The first kappa shape index (κ1) is 29.4. The van der Waals surface area contributed by atoms with E-state index in [0.717, 1.165) is 6.42 Å². The summed E-state index contributed by atoms with van der Waals surface area (Å²) < 4.78 is 10.9. The van der Waals surface area contributed by atoms with Crippen LogP contribution in [0.15, 0.2) is 103 Å². The Morgan fingerprint density at radius 3 is 2.13 bits per heavy atom. The Hall–Kier alpha value is -5.64. The SMILES string of the molecule is O=C(COC(=O)c1cccc(N2C(=O)[C@@H]3CC[C@@H](c4ccccc4)C[C@H]3C2=O)c1)c1ccc(Oc2ccc([N+](=O)[O-])cc2)cc1. The monoisotopic (exact) mass is 604 g/mol. The molecule has 1 heterocycles. The summed E-state index contributed by atoms with van der Waals surface area (Å²) in [5, 5.41) is 10.8. The molecule has 4 aromatic carbocycles. The summed E-state index contributed by atoms with van der Waals surface area (Å²) in [5.74, 6) is -1.48. The molecule has 45 heavy (non-hydrogen) atoms. The van der Waals surface area contributed by atoms with Crippen molar-refractivity contribution in [2.24, 2.45) is 11.8 Å². The number of carbonyl (C=O) groups excluding carboxylic acids is 4. The van der Waals surface area contributed by atoms with E-state index in [1.165, 1.54) is 59.0 Å². The lowest BCUT2D eigenvalue weighted by Gasteiger charge is -2.28. The van der Waals surface area contributed by atoms with Gasteiger partial charge in [0, 0.05) is 17.7 Å². The predicted octanol–water partition coefficient (Wildman–Crippen LogP) is 6.50. The second-order valence-electron chi connectivity index (χ2n) is 11.1. The third kappa shape index (κ3) is 6.21. The van der Waals surface area contributed by atoms with Gasteiger partial charge in [0.1, 0.15) is 11.5 Å². The van der Waals surface area contributed by atoms with Gasteiger partial charge in [0.15, 0.2) is 12.4 Å². The summed E-state index contributed by atoms with van der Waals surface area (Å²) in [4.78, 5) is 63.8. The van der Waals surface area contributed by atoms with Crippen LogP contribution in [0.2, 0.25) is 0 Å². The fraction of sp³-hybridized carbons (Fsp3) is 0.200. The zero-order valence-corrected chi connectivity index (χ0v) is 24.0. The van der Waals surface area contributed by atoms with Gasteiger partial charge in [-0.05, 0) is 85.3 Å². The van der Waals surface area contributed by atoms with E-state index >= 15 is 0 Å². The van der Waals surface area contributed by atoms with Crippen molar-refractivity contribution in [2.45, 2.75) is 25.2 Å². The number of ketones is 1. The van der Waals surface area contributed by atoms with Crippen molar-refractivity contribution < 1.29 is 33.6 Å². The first-order chi connectivity index (χ1) is 21.8. The van der Waals surface area contributed by atoms with E-state index in [1.54, 1.807) is 24.3 Å².